The molecule has 9 nitrogen and oxygen atoms in total. The van der Waals surface area contributed by atoms with E-state index < -0.39 is 11.0 Å². The number of nitrogens with zero attached hydrogens (tertiary/aromatic N) is 5. The molecule has 1 N–H and O–H groups in total. The number of hydrogen-bond donors (Lipinski definition) is 1. The summed E-state index contributed by atoms with van der Waals surface area (Å²) >= 11 is 5.98. The number of hydrogen-bond acceptors (Lipinski definition) is 5. The Morgan fingerprint density at radius 2 is 2.19 bits per heavy atom. The van der Waals surface area contributed by atoms with Crippen molar-refractivity contribution in [2.24, 2.45) is 0 Å². The van der Waals surface area contributed by atoms with Crippen LogP contribution in [0.1, 0.15) is 24.2 Å². The number of nitrogens with one attached hydrogen (secondary N) is 1. The lowest BCUT2D eigenvalue weighted by Crippen LogP contribution is -2.25. The minimum absolute atomic E-state index is 0.125. The smallest absolute Gasteiger partial charge is 0.307 e. The van der Waals surface area contributed by atoms with E-state index in [1.54, 1.807) is 36.9 Å². The molecule has 2 aromatic heterocycles. The number of rotatable bonds is 6. The van der Waals surface area contributed by atoms with Crippen molar-refractivity contribution in [1.82, 2.24) is 19.6 Å². The van der Waals surface area contributed by atoms with E-state index in [4.69, 9.17) is 11.6 Å². The standard InChI is InChI=1S/C17H17ClN6O3/c1-11-15(24(26)27)9-19-23(11)12(2)17(25)20-16-6-7-22(21-16)10-13-4-3-5-14(18)8-13/h3-9,12H,10H2,1-2H3,(H,20,21,25). The van der Waals surface area contributed by atoms with Gasteiger partial charge in [0.05, 0.1) is 11.5 Å². The van der Waals surface area contributed by atoms with Crippen LogP contribution >= 0.6 is 11.6 Å². The van der Waals surface area contributed by atoms with Gasteiger partial charge in [0.2, 0.25) is 5.91 Å². The Bertz CT molecular complexity index is 996. The van der Waals surface area contributed by atoms with E-state index in [0.717, 1.165) is 11.8 Å². The molecule has 0 bridgehead atoms. The second-order valence-corrected chi connectivity index (χ2v) is 6.45. The third-order valence-electron chi connectivity index (χ3n) is 4.09. The van der Waals surface area contributed by atoms with Gasteiger partial charge in [0, 0.05) is 17.3 Å². The van der Waals surface area contributed by atoms with Gasteiger partial charge in [0.25, 0.3) is 0 Å². The highest BCUT2D eigenvalue weighted by molar-refractivity contribution is 6.30. The quantitative estimate of drug-likeness (QED) is 0.515. The van der Waals surface area contributed by atoms with E-state index >= 15 is 0 Å². The Balaban J connectivity index is 1.68. The predicted octanol–water partition coefficient (Wildman–Crippen LogP) is 3.20. The van der Waals surface area contributed by atoms with Gasteiger partial charge in [0.1, 0.15) is 17.9 Å². The highest BCUT2D eigenvalue weighted by Gasteiger charge is 2.24. The van der Waals surface area contributed by atoms with Gasteiger partial charge < -0.3 is 5.32 Å². The van der Waals surface area contributed by atoms with Crippen molar-refractivity contribution in [1.29, 1.82) is 0 Å². The summed E-state index contributed by atoms with van der Waals surface area (Å²) < 4.78 is 2.99. The average molecular weight is 389 g/mol. The van der Waals surface area contributed by atoms with E-state index in [2.05, 4.69) is 15.5 Å². The van der Waals surface area contributed by atoms with E-state index in [1.807, 2.05) is 18.2 Å². The zero-order chi connectivity index (χ0) is 19.6. The lowest BCUT2D eigenvalue weighted by atomic mass is 10.2. The molecule has 1 unspecified atom stereocenters. The molecule has 0 saturated carbocycles. The first-order valence-corrected chi connectivity index (χ1v) is 8.50. The number of nitro groups is 1. The van der Waals surface area contributed by atoms with E-state index in [0.29, 0.717) is 23.1 Å². The van der Waals surface area contributed by atoms with Crippen molar-refractivity contribution in [3.05, 3.63) is 69.1 Å². The van der Waals surface area contributed by atoms with Crippen LogP contribution in [0, 0.1) is 17.0 Å². The van der Waals surface area contributed by atoms with Gasteiger partial charge in [0.15, 0.2) is 5.82 Å². The SMILES string of the molecule is Cc1c([N+](=O)[O-])cnn1C(C)C(=O)Nc1ccn(Cc2cccc(Cl)c2)n1. The van der Waals surface area contributed by atoms with Crippen LogP contribution in [0.25, 0.3) is 0 Å². The molecule has 3 rings (SSSR count). The number of carbonyl (C=O) groups excluding carboxylic acids is 1. The topological polar surface area (TPSA) is 108 Å². The van der Waals surface area contributed by atoms with Crippen LogP contribution < -0.4 is 5.32 Å². The van der Waals surface area contributed by atoms with Gasteiger partial charge in [-0.25, -0.2) is 0 Å². The summed E-state index contributed by atoms with van der Waals surface area (Å²) in [5.74, 6) is 0.0114. The van der Waals surface area contributed by atoms with Crippen LogP contribution in [-0.4, -0.2) is 30.4 Å². The molecule has 1 atom stereocenters. The van der Waals surface area contributed by atoms with E-state index in [1.165, 1.54) is 4.68 Å². The highest BCUT2D eigenvalue weighted by Crippen LogP contribution is 2.21. The minimum Gasteiger partial charge on any atom is -0.307 e. The maximum atomic E-state index is 12.4. The van der Waals surface area contributed by atoms with Crippen molar-refractivity contribution in [3.63, 3.8) is 0 Å². The third-order valence-corrected chi connectivity index (χ3v) is 4.32. The lowest BCUT2D eigenvalue weighted by Gasteiger charge is -2.12. The number of amides is 1. The summed E-state index contributed by atoms with van der Waals surface area (Å²) in [5.41, 5.74) is 1.17. The molecule has 140 valence electrons. The summed E-state index contributed by atoms with van der Waals surface area (Å²) in [7, 11) is 0. The molecule has 0 aliphatic carbocycles. The van der Waals surface area contributed by atoms with Crippen LogP contribution in [0.4, 0.5) is 11.5 Å². The molecule has 27 heavy (non-hydrogen) atoms. The largest absolute Gasteiger partial charge is 0.309 e. The van der Waals surface area contributed by atoms with E-state index in [-0.39, 0.29) is 11.6 Å². The molecule has 0 saturated heterocycles. The molecule has 0 aliphatic heterocycles. The summed E-state index contributed by atoms with van der Waals surface area (Å²) in [6.45, 7) is 3.67. The van der Waals surface area contributed by atoms with Crippen molar-refractivity contribution in [3.8, 4) is 0 Å². The zero-order valence-corrected chi connectivity index (χ0v) is 15.4. The van der Waals surface area contributed by atoms with E-state index in [9.17, 15) is 14.9 Å². The number of halogens is 1. The van der Waals surface area contributed by atoms with Crippen LogP contribution in [0.15, 0.2) is 42.7 Å². The number of anilines is 1. The van der Waals surface area contributed by atoms with Crippen LogP contribution in [-0.2, 0) is 11.3 Å². The molecule has 1 aromatic carbocycles. The van der Waals surface area contributed by atoms with Gasteiger partial charge >= 0.3 is 5.69 Å². The molecule has 10 heteroatoms. The Hall–Kier alpha value is -3.20. The minimum atomic E-state index is -0.725. The fourth-order valence-corrected chi connectivity index (χ4v) is 2.88. The molecule has 2 heterocycles. The van der Waals surface area contributed by atoms with Gasteiger partial charge in [-0.3, -0.25) is 24.3 Å². The molecule has 0 fully saturated rings. The Labute approximate surface area is 159 Å². The monoisotopic (exact) mass is 388 g/mol. The molecule has 0 radical (unpaired) electrons. The molecule has 0 aliphatic rings. The first kappa shape index (κ1) is 18.6. The second kappa shape index (κ2) is 7.58. The highest BCUT2D eigenvalue weighted by atomic mass is 35.5. The Morgan fingerprint density at radius 1 is 1.41 bits per heavy atom. The third kappa shape index (κ3) is 4.14. The molecule has 3 aromatic rings. The molecular weight excluding hydrogens is 372 g/mol. The molecule has 1 amide bonds. The Morgan fingerprint density at radius 3 is 2.85 bits per heavy atom. The van der Waals surface area contributed by atoms with Crippen LogP contribution in [0.3, 0.4) is 0 Å². The molecular formula is C17H17ClN6O3. The number of benzene rings is 1. The van der Waals surface area contributed by atoms with Crippen molar-refractivity contribution >= 4 is 29.0 Å². The second-order valence-electron chi connectivity index (χ2n) is 6.01. The van der Waals surface area contributed by atoms with Crippen molar-refractivity contribution in [2.75, 3.05) is 5.32 Å². The molecule has 0 spiro atoms. The summed E-state index contributed by atoms with van der Waals surface area (Å²) in [6, 6.07) is 8.38. The number of aromatic nitrogens is 4. The first-order valence-electron chi connectivity index (χ1n) is 8.12. The van der Waals surface area contributed by atoms with Crippen LogP contribution in [0.2, 0.25) is 5.02 Å². The summed E-state index contributed by atoms with van der Waals surface area (Å²) in [4.78, 5) is 22.8. The van der Waals surface area contributed by atoms with Crippen molar-refractivity contribution < 1.29 is 9.72 Å². The predicted molar refractivity (Wildman–Crippen MR) is 99.7 cm³/mol. The maximum Gasteiger partial charge on any atom is 0.309 e. The van der Waals surface area contributed by atoms with Gasteiger partial charge in [-0.05, 0) is 31.5 Å². The van der Waals surface area contributed by atoms with Gasteiger partial charge in [-0.1, -0.05) is 23.7 Å². The first-order chi connectivity index (χ1) is 12.8. The fraction of sp³-hybridized carbons (Fsp3) is 0.235. The average Bonchev–Trinajstić information content (AvgIpc) is 3.20. The normalized spacial score (nSPS) is 12.0. The fourth-order valence-electron chi connectivity index (χ4n) is 2.66. The summed E-state index contributed by atoms with van der Waals surface area (Å²) in [5, 5.41) is 22.5. The lowest BCUT2D eigenvalue weighted by molar-refractivity contribution is -0.385. The number of carbonyl (C=O) groups is 1. The summed E-state index contributed by atoms with van der Waals surface area (Å²) in [6.07, 6.45) is 2.88. The maximum absolute atomic E-state index is 12.4. The zero-order valence-electron chi connectivity index (χ0n) is 14.7. The van der Waals surface area contributed by atoms with Gasteiger partial charge in [-0.15, -0.1) is 0 Å². The van der Waals surface area contributed by atoms with Crippen molar-refractivity contribution in [2.45, 2.75) is 26.4 Å². The van der Waals surface area contributed by atoms with Gasteiger partial charge in [-0.2, -0.15) is 10.2 Å². The Kier molecular flexibility index (Phi) is 5.22. The van der Waals surface area contributed by atoms with Crippen LogP contribution in [0.5, 0.6) is 0 Å².